The lowest BCUT2D eigenvalue weighted by Gasteiger charge is -2.23. The fourth-order valence-electron chi connectivity index (χ4n) is 1.99. The monoisotopic (exact) mass is 268 g/mol. The second-order valence-electron chi connectivity index (χ2n) is 4.23. The normalized spacial score (nSPS) is 16.2. The van der Waals surface area contributed by atoms with Gasteiger partial charge in [0, 0.05) is 0 Å². The topological polar surface area (TPSA) is 99.6 Å². The van der Waals surface area contributed by atoms with Crippen molar-refractivity contribution in [2.24, 2.45) is 11.5 Å². The van der Waals surface area contributed by atoms with Gasteiger partial charge in [-0.2, -0.15) is 10.5 Å². The highest BCUT2D eigenvalue weighted by molar-refractivity contribution is 8.06. The number of rotatable bonds is 1. The van der Waals surface area contributed by atoms with Crippen LogP contribution in [0, 0.1) is 29.6 Å². The van der Waals surface area contributed by atoms with Crippen LogP contribution in [0.1, 0.15) is 17.0 Å². The first kappa shape index (κ1) is 13.1. The van der Waals surface area contributed by atoms with E-state index in [9.17, 15) is 10.5 Å². The molecule has 4 nitrogen and oxygen atoms in total. The van der Waals surface area contributed by atoms with Gasteiger partial charge in [0.2, 0.25) is 0 Å². The maximum atomic E-state index is 9.27. The summed E-state index contributed by atoms with van der Waals surface area (Å²) >= 11 is 1.08. The number of thioether (sulfide) groups is 1. The summed E-state index contributed by atoms with van der Waals surface area (Å²) in [6.45, 7) is 1.98. The smallest absolute Gasteiger partial charge is 0.0985 e. The Kier molecular flexibility index (Phi) is 3.50. The number of nitrogens with two attached hydrogens (primary N) is 2. The van der Waals surface area contributed by atoms with Gasteiger partial charge >= 0.3 is 0 Å². The first-order valence-electron chi connectivity index (χ1n) is 5.62. The molecule has 94 valence electrons. The molecule has 1 aromatic rings. The van der Waals surface area contributed by atoms with Crippen molar-refractivity contribution in [3.63, 3.8) is 0 Å². The third kappa shape index (κ3) is 2.29. The van der Waals surface area contributed by atoms with Crippen molar-refractivity contribution < 1.29 is 0 Å². The molecule has 0 saturated heterocycles. The second-order valence-corrected chi connectivity index (χ2v) is 5.31. The lowest BCUT2D eigenvalue weighted by Crippen LogP contribution is -2.18. The van der Waals surface area contributed by atoms with Crippen LogP contribution in [0.3, 0.4) is 0 Å². The van der Waals surface area contributed by atoms with Crippen molar-refractivity contribution in [1.29, 1.82) is 10.5 Å². The minimum Gasteiger partial charge on any atom is -0.392 e. The summed E-state index contributed by atoms with van der Waals surface area (Å²) in [6.07, 6.45) is 0. The lowest BCUT2D eigenvalue weighted by atomic mass is 9.85. The molecule has 0 fully saturated rings. The Labute approximate surface area is 116 Å². The Morgan fingerprint density at radius 3 is 1.89 bits per heavy atom. The van der Waals surface area contributed by atoms with Gasteiger partial charge in [-0.15, -0.1) is 0 Å². The summed E-state index contributed by atoms with van der Waals surface area (Å²) in [5, 5.41) is 19.3. The second kappa shape index (κ2) is 5.09. The maximum Gasteiger partial charge on any atom is 0.0985 e. The van der Waals surface area contributed by atoms with Crippen LogP contribution in [0.25, 0.3) is 0 Å². The molecule has 0 bridgehead atoms. The number of hydrogen-bond donors (Lipinski definition) is 2. The molecule has 2 rings (SSSR count). The van der Waals surface area contributed by atoms with Crippen LogP contribution in [0.15, 0.2) is 45.5 Å². The Morgan fingerprint density at radius 2 is 1.47 bits per heavy atom. The zero-order valence-electron chi connectivity index (χ0n) is 10.3. The first-order valence-corrected chi connectivity index (χ1v) is 6.44. The zero-order valence-corrected chi connectivity index (χ0v) is 11.2. The highest BCUT2D eigenvalue weighted by Crippen LogP contribution is 2.42. The average Bonchev–Trinajstić information content (AvgIpc) is 2.39. The molecule has 4 N–H and O–H groups in total. The van der Waals surface area contributed by atoms with Crippen molar-refractivity contribution in [3.05, 3.63) is 56.6 Å². The third-order valence-corrected chi connectivity index (χ3v) is 3.86. The van der Waals surface area contributed by atoms with Crippen LogP contribution >= 0.6 is 11.8 Å². The van der Waals surface area contributed by atoms with E-state index in [4.69, 9.17) is 11.5 Å². The van der Waals surface area contributed by atoms with E-state index in [0.717, 1.165) is 22.9 Å². The summed E-state index contributed by atoms with van der Waals surface area (Å²) in [7, 11) is 0. The van der Waals surface area contributed by atoms with Gasteiger partial charge in [-0.05, 0) is 12.5 Å². The van der Waals surface area contributed by atoms with Gasteiger partial charge in [0.05, 0.1) is 39.3 Å². The summed E-state index contributed by atoms with van der Waals surface area (Å²) in [5.41, 5.74) is 14.4. The summed E-state index contributed by atoms with van der Waals surface area (Å²) in [4.78, 5) is 0. The molecule has 1 heterocycles. The van der Waals surface area contributed by atoms with Crippen molar-refractivity contribution in [2.75, 3.05) is 0 Å². The van der Waals surface area contributed by atoms with Crippen LogP contribution in [-0.2, 0) is 0 Å². The molecule has 0 aliphatic carbocycles. The van der Waals surface area contributed by atoms with E-state index in [1.807, 2.05) is 31.2 Å². The number of hydrogen-bond acceptors (Lipinski definition) is 5. The van der Waals surface area contributed by atoms with Gasteiger partial charge in [0.25, 0.3) is 0 Å². The van der Waals surface area contributed by atoms with Gasteiger partial charge in [-0.3, -0.25) is 0 Å². The predicted molar refractivity (Wildman–Crippen MR) is 75.2 cm³/mol. The molecule has 0 amide bonds. The molecule has 1 aliphatic heterocycles. The number of nitrogens with zero attached hydrogens (tertiary/aromatic N) is 2. The SMILES string of the molecule is Cc1ccc(C2C(C#N)=C(N)SC(N)=C2C#N)cc1. The van der Waals surface area contributed by atoms with E-state index in [1.165, 1.54) is 0 Å². The molecule has 0 saturated carbocycles. The van der Waals surface area contributed by atoms with Crippen LogP contribution in [-0.4, -0.2) is 0 Å². The van der Waals surface area contributed by atoms with Gasteiger partial charge in [0.1, 0.15) is 0 Å². The van der Waals surface area contributed by atoms with Gasteiger partial charge in [-0.1, -0.05) is 41.6 Å². The van der Waals surface area contributed by atoms with Gasteiger partial charge < -0.3 is 11.5 Å². The first-order chi connectivity index (χ1) is 9.08. The fraction of sp³-hybridized carbons (Fsp3) is 0.143. The molecule has 0 spiro atoms. The quantitative estimate of drug-likeness (QED) is 0.813. The average molecular weight is 268 g/mol. The van der Waals surface area contributed by atoms with E-state index in [1.54, 1.807) is 0 Å². The molecular formula is C14H12N4S. The molecule has 1 aromatic carbocycles. The van der Waals surface area contributed by atoms with E-state index in [0.29, 0.717) is 21.2 Å². The standard InChI is InChI=1S/C14H12N4S/c1-8-2-4-9(5-3-8)12-10(6-15)13(17)19-14(18)11(12)7-16/h2-5,12H,17-18H2,1H3. The fourth-order valence-corrected chi connectivity index (χ4v) is 2.77. The number of aryl methyl sites for hydroxylation is 1. The summed E-state index contributed by atoms with van der Waals surface area (Å²) in [5.74, 6) is -0.461. The summed E-state index contributed by atoms with van der Waals surface area (Å²) in [6, 6.07) is 11.9. The van der Waals surface area contributed by atoms with Crippen LogP contribution in [0.5, 0.6) is 0 Å². The highest BCUT2D eigenvalue weighted by atomic mass is 32.2. The molecule has 19 heavy (non-hydrogen) atoms. The van der Waals surface area contributed by atoms with Gasteiger partial charge in [-0.25, -0.2) is 0 Å². The highest BCUT2D eigenvalue weighted by Gasteiger charge is 2.30. The van der Waals surface area contributed by atoms with Crippen LogP contribution in [0.4, 0.5) is 0 Å². The third-order valence-electron chi connectivity index (χ3n) is 2.98. The number of nitriles is 2. The lowest BCUT2D eigenvalue weighted by molar-refractivity contribution is 0.956. The van der Waals surface area contributed by atoms with Gasteiger partial charge in [0.15, 0.2) is 0 Å². The van der Waals surface area contributed by atoms with Crippen molar-refractivity contribution >= 4 is 11.8 Å². The molecule has 0 atom stereocenters. The van der Waals surface area contributed by atoms with E-state index < -0.39 is 5.92 Å². The van der Waals surface area contributed by atoms with E-state index in [2.05, 4.69) is 12.1 Å². The van der Waals surface area contributed by atoms with Crippen molar-refractivity contribution in [2.45, 2.75) is 12.8 Å². The molecule has 0 aromatic heterocycles. The number of benzene rings is 1. The molecule has 0 radical (unpaired) electrons. The molecule has 0 unspecified atom stereocenters. The molecule has 5 heteroatoms. The zero-order chi connectivity index (χ0) is 14.0. The van der Waals surface area contributed by atoms with E-state index >= 15 is 0 Å². The number of allylic oxidation sites excluding steroid dienone is 2. The molecule has 1 aliphatic rings. The van der Waals surface area contributed by atoms with Crippen molar-refractivity contribution in [1.82, 2.24) is 0 Å². The Balaban J connectivity index is 2.61. The predicted octanol–water partition coefficient (Wildman–Crippen LogP) is 2.21. The van der Waals surface area contributed by atoms with E-state index in [-0.39, 0.29) is 0 Å². The minimum atomic E-state index is -0.461. The Hall–Kier alpha value is -2.37. The largest absolute Gasteiger partial charge is 0.392 e. The minimum absolute atomic E-state index is 0.365. The van der Waals surface area contributed by atoms with Crippen molar-refractivity contribution in [3.8, 4) is 12.1 Å². The maximum absolute atomic E-state index is 9.27. The van der Waals surface area contributed by atoms with Crippen LogP contribution < -0.4 is 11.5 Å². The summed E-state index contributed by atoms with van der Waals surface area (Å²) < 4.78 is 0. The Bertz CT molecular complexity index is 620. The molecular weight excluding hydrogens is 256 g/mol. The Morgan fingerprint density at radius 1 is 1.00 bits per heavy atom. The van der Waals surface area contributed by atoms with Crippen LogP contribution in [0.2, 0.25) is 0 Å².